The molecule has 0 saturated carbocycles. The maximum absolute atomic E-state index is 12.8. The van der Waals surface area contributed by atoms with Crippen molar-refractivity contribution in [1.82, 2.24) is 15.1 Å². The van der Waals surface area contributed by atoms with E-state index in [1.165, 1.54) is 22.5 Å². The van der Waals surface area contributed by atoms with E-state index in [0.717, 1.165) is 21.5 Å². The van der Waals surface area contributed by atoms with Gasteiger partial charge in [0.1, 0.15) is 4.83 Å². The number of fused-ring (bicyclic) bond motifs is 1. The van der Waals surface area contributed by atoms with Gasteiger partial charge in [-0.25, -0.2) is 0 Å². The predicted molar refractivity (Wildman–Crippen MR) is 128 cm³/mol. The summed E-state index contributed by atoms with van der Waals surface area (Å²) < 4.78 is 12.6. The Kier molecular flexibility index (Phi) is 6.46. The van der Waals surface area contributed by atoms with E-state index in [2.05, 4.69) is 41.6 Å². The van der Waals surface area contributed by atoms with Crippen LogP contribution >= 0.6 is 11.3 Å². The quantitative estimate of drug-likeness (QED) is 0.422. The smallest absolute Gasteiger partial charge is 0.261 e. The van der Waals surface area contributed by atoms with Crippen LogP contribution in [-0.2, 0) is 13.0 Å². The van der Waals surface area contributed by atoms with Gasteiger partial charge in [0.05, 0.1) is 31.3 Å². The molecule has 0 saturated heterocycles. The molecule has 2 heterocycles. The number of thiophene rings is 1. The average molecular weight is 450 g/mol. The predicted octanol–water partition coefficient (Wildman–Crippen LogP) is 4.75. The molecule has 0 unspecified atom stereocenters. The Bertz CT molecular complexity index is 1240. The van der Waals surface area contributed by atoms with Crippen LogP contribution in [0, 0.1) is 13.8 Å². The van der Waals surface area contributed by atoms with Crippen molar-refractivity contribution in [3.63, 3.8) is 0 Å². The summed E-state index contributed by atoms with van der Waals surface area (Å²) in [5.41, 5.74) is 4.43. The number of nitrogens with zero attached hydrogens (tertiary/aromatic N) is 2. The van der Waals surface area contributed by atoms with E-state index in [9.17, 15) is 4.79 Å². The van der Waals surface area contributed by atoms with Gasteiger partial charge in [-0.05, 0) is 49.6 Å². The van der Waals surface area contributed by atoms with E-state index in [1.807, 2.05) is 35.9 Å². The van der Waals surface area contributed by atoms with Gasteiger partial charge < -0.3 is 14.8 Å². The first-order valence-electron chi connectivity index (χ1n) is 10.5. The molecular formula is C25H27N3O3S. The number of hydrogen-bond acceptors (Lipinski definition) is 5. The monoisotopic (exact) mass is 449 g/mol. The van der Waals surface area contributed by atoms with Gasteiger partial charge in [0.15, 0.2) is 11.5 Å². The second-order valence-electron chi connectivity index (χ2n) is 7.75. The number of amides is 1. The van der Waals surface area contributed by atoms with Crippen LogP contribution < -0.4 is 14.8 Å². The highest BCUT2D eigenvalue weighted by molar-refractivity contribution is 7.20. The Morgan fingerprint density at radius 2 is 1.72 bits per heavy atom. The van der Waals surface area contributed by atoms with Crippen molar-refractivity contribution in [2.75, 3.05) is 20.8 Å². The van der Waals surface area contributed by atoms with E-state index in [4.69, 9.17) is 9.47 Å². The van der Waals surface area contributed by atoms with E-state index in [1.54, 1.807) is 14.2 Å². The molecule has 0 fully saturated rings. The molecule has 0 aliphatic heterocycles. The lowest BCUT2D eigenvalue weighted by molar-refractivity contribution is 0.0958. The molecule has 0 spiro atoms. The number of aryl methyl sites for hydroxylation is 2. The topological polar surface area (TPSA) is 65.4 Å². The number of benzene rings is 2. The SMILES string of the molecule is COc1ccc(CCNC(=O)c2cc3c(C)nn(Cc4ccc(C)cc4)c3s2)cc1OC. The number of carbonyl (C=O) groups excluding carboxylic acids is 1. The van der Waals surface area contributed by atoms with Crippen molar-refractivity contribution >= 4 is 27.5 Å². The van der Waals surface area contributed by atoms with Gasteiger partial charge in [-0.3, -0.25) is 9.48 Å². The maximum atomic E-state index is 12.8. The van der Waals surface area contributed by atoms with Gasteiger partial charge in [-0.2, -0.15) is 5.10 Å². The Morgan fingerprint density at radius 1 is 1.00 bits per heavy atom. The Hall–Kier alpha value is -3.32. The van der Waals surface area contributed by atoms with Gasteiger partial charge in [-0.15, -0.1) is 11.3 Å². The second kappa shape index (κ2) is 9.44. The molecule has 0 atom stereocenters. The largest absolute Gasteiger partial charge is 0.493 e. The normalized spacial score (nSPS) is 11.0. The van der Waals surface area contributed by atoms with Crippen molar-refractivity contribution in [3.8, 4) is 11.5 Å². The fourth-order valence-electron chi connectivity index (χ4n) is 3.64. The highest BCUT2D eigenvalue weighted by Gasteiger charge is 2.16. The number of hydrogen-bond donors (Lipinski definition) is 1. The first-order valence-corrected chi connectivity index (χ1v) is 11.3. The summed E-state index contributed by atoms with van der Waals surface area (Å²) in [5, 5.41) is 8.74. The molecule has 2 aromatic carbocycles. The second-order valence-corrected chi connectivity index (χ2v) is 8.78. The van der Waals surface area contributed by atoms with Crippen LogP contribution in [0.5, 0.6) is 11.5 Å². The van der Waals surface area contributed by atoms with E-state index in [0.29, 0.717) is 35.9 Å². The maximum Gasteiger partial charge on any atom is 0.261 e. The van der Waals surface area contributed by atoms with Crippen LogP contribution in [0.3, 0.4) is 0 Å². The molecule has 0 radical (unpaired) electrons. The van der Waals surface area contributed by atoms with Crippen molar-refractivity contribution in [1.29, 1.82) is 0 Å². The van der Waals surface area contributed by atoms with E-state index < -0.39 is 0 Å². The summed E-state index contributed by atoms with van der Waals surface area (Å²) in [6.07, 6.45) is 0.706. The number of aromatic nitrogens is 2. The number of nitrogens with one attached hydrogen (secondary N) is 1. The lowest BCUT2D eigenvalue weighted by atomic mass is 10.1. The van der Waals surface area contributed by atoms with Gasteiger partial charge >= 0.3 is 0 Å². The molecule has 0 bridgehead atoms. The van der Waals surface area contributed by atoms with Gasteiger partial charge in [0.25, 0.3) is 5.91 Å². The lowest BCUT2D eigenvalue weighted by Gasteiger charge is -2.10. The molecule has 0 aliphatic carbocycles. The summed E-state index contributed by atoms with van der Waals surface area (Å²) in [6, 6.07) is 16.2. The Morgan fingerprint density at radius 3 is 2.44 bits per heavy atom. The van der Waals surface area contributed by atoms with Crippen LogP contribution in [0.4, 0.5) is 0 Å². The minimum atomic E-state index is -0.0621. The van der Waals surface area contributed by atoms with Crippen LogP contribution in [-0.4, -0.2) is 36.5 Å². The molecule has 4 aromatic rings. The third kappa shape index (κ3) is 4.62. The molecule has 166 valence electrons. The van der Waals surface area contributed by atoms with Gasteiger partial charge in [0.2, 0.25) is 0 Å². The first-order chi connectivity index (χ1) is 15.5. The third-order valence-electron chi connectivity index (χ3n) is 5.43. The molecule has 1 amide bonds. The van der Waals surface area contributed by atoms with E-state index >= 15 is 0 Å². The number of methoxy groups -OCH3 is 2. The highest BCUT2D eigenvalue weighted by Crippen LogP contribution is 2.29. The van der Waals surface area contributed by atoms with E-state index in [-0.39, 0.29) is 5.91 Å². The minimum Gasteiger partial charge on any atom is -0.493 e. The fourth-order valence-corrected chi connectivity index (χ4v) is 4.72. The number of rotatable bonds is 8. The summed E-state index contributed by atoms with van der Waals surface area (Å²) in [7, 11) is 3.23. The molecule has 7 heteroatoms. The Labute approximate surface area is 191 Å². The van der Waals surface area contributed by atoms with Crippen LogP contribution in [0.25, 0.3) is 10.2 Å². The zero-order valence-corrected chi connectivity index (χ0v) is 19.6. The summed E-state index contributed by atoms with van der Waals surface area (Å²) >= 11 is 1.48. The minimum absolute atomic E-state index is 0.0621. The molecule has 32 heavy (non-hydrogen) atoms. The Balaban J connectivity index is 1.43. The van der Waals surface area contributed by atoms with Crippen molar-refractivity contribution < 1.29 is 14.3 Å². The molecular weight excluding hydrogens is 422 g/mol. The van der Waals surface area contributed by atoms with Crippen LogP contribution in [0.2, 0.25) is 0 Å². The van der Waals surface area contributed by atoms with Crippen molar-refractivity contribution in [3.05, 3.63) is 75.8 Å². The number of carbonyl (C=O) groups is 1. The van der Waals surface area contributed by atoms with Crippen LogP contribution in [0.1, 0.15) is 32.1 Å². The van der Waals surface area contributed by atoms with Crippen LogP contribution in [0.15, 0.2) is 48.5 Å². The average Bonchev–Trinajstić information content (AvgIpc) is 3.36. The zero-order valence-electron chi connectivity index (χ0n) is 18.8. The zero-order chi connectivity index (χ0) is 22.7. The standard InChI is InChI=1S/C25H27N3O3S/c1-16-5-7-19(8-6-16)15-28-25-20(17(2)27-28)14-23(32-25)24(29)26-12-11-18-9-10-21(30-3)22(13-18)31-4/h5-10,13-14H,11-12,15H2,1-4H3,(H,26,29). The van der Waals surface area contributed by atoms with Crippen molar-refractivity contribution in [2.45, 2.75) is 26.8 Å². The molecule has 2 aromatic heterocycles. The van der Waals surface area contributed by atoms with Gasteiger partial charge in [-0.1, -0.05) is 35.9 Å². The fraction of sp³-hybridized carbons (Fsp3) is 0.280. The summed E-state index contributed by atoms with van der Waals surface area (Å²) in [4.78, 5) is 14.5. The molecule has 1 N–H and O–H groups in total. The molecule has 6 nitrogen and oxygen atoms in total. The number of ether oxygens (including phenoxy) is 2. The lowest BCUT2D eigenvalue weighted by Crippen LogP contribution is -2.24. The highest BCUT2D eigenvalue weighted by atomic mass is 32.1. The summed E-state index contributed by atoms with van der Waals surface area (Å²) in [5.74, 6) is 1.32. The van der Waals surface area contributed by atoms with Gasteiger partial charge in [0, 0.05) is 11.9 Å². The first kappa shape index (κ1) is 21.9. The molecule has 0 aliphatic rings. The molecule has 4 rings (SSSR count). The summed E-state index contributed by atoms with van der Waals surface area (Å²) in [6.45, 7) is 5.29. The third-order valence-corrected chi connectivity index (χ3v) is 6.58. The van der Waals surface area contributed by atoms with Crippen molar-refractivity contribution in [2.24, 2.45) is 0 Å².